The first kappa shape index (κ1) is 11.7. The van der Waals surface area contributed by atoms with E-state index in [2.05, 4.69) is 4.98 Å². The van der Waals surface area contributed by atoms with Crippen molar-refractivity contribution in [2.45, 2.75) is 19.3 Å². The van der Waals surface area contributed by atoms with Gasteiger partial charge >= 0.3 is 11.7 Å². The Morgan fingerprint density at radius 3 is 2.63 bits per heavy atom. The summed E-state index contributed by atoms with van der Waals surface area (Å²) in [5.74, 6) is -2.09. The van der Waals surface area contributed by atoms with Crippen LogP contribution in [-0.2, 0) is 4.79 Å². The van der Waals surface area contributed by atoms with Crippen molar-refractivity contribution >= 4 is 22.9 Å². The van der Waals surface area contributed by atoms with Gasteiger partial charge < -0.3 is 9.52 Å². The fraction of sp³-hybridized carbons (Fsp3) is 0.308. The van der Waals surface area contributed by atoms with Gasteiger partial charge in [0, 0.05) is 5.56 Å². The molecule has 0 unspecified atom stereocenters. The summed E-state index contributed by atoms with van der Waals surface area (Å²) in [6, 6.07) is 4.45. The lowest BCUT2D eigenvalue weighted by atomic mass is 9.64. The Morgan fingerprint density at radius 2 is 2.05 bits per heavy atom. The molecule has 98 valence electrons. The third-order valence-electron chi connectivity index (χ3n) is 3.73. The molecule has 1 heterocycles. The highest BCUT2D eigenvalue weighted by Crippen LogP contribution is 2.44. The molecule has 3 rings (SSSR count). The fourth-order valence-corrected chi connectivity index (χ4v) is 2.44. The molecule has 1 fully saturated rings. The van der Waals surface area contributed by atoms with E-state index in [1.807, 2.05) is 0 Å². The van der Waals surface area contributed by atoms with Crippen molar-refractivity contribution in [2.75, 3.05) is 0 Å². The van der Waals surface area contributed by atoms with Crippen LogP contribution in [0.15, 0.2) is 27.4 Å². The van der Waals surface area contributed by atoms with Crippen molar-refractivity contribution in [3.63, 3.8) is 0 Å². The number of carbonyl (C=O) groups is 2. The first-order valence-corrected chi connectivity index (χ1v) is 5.94. The monoisotopic (exact) mass is 261 g/mol. The van der Waals surface area contributed by atoms with Crippen molar-refractivity contribution in [1.82, 2.24) is 4.98 Å². The molecule has 19 heavy (non-hydrogen) atoms. The molecule has 1 aliphatic carbocycles. The summed E-state index contributed by atoms with van der Waals surface area (Å²) in [6.07, 6.45) is 1.46. The Morgan fingerprint density at radius 1 is 1.32 bits per heavy atom. The molecule has 0 saturated heterocycles. The summed E-state index contributed by atoms with van der Waals surface area (Å²) in [5.41, 5.74) is -0.264. The largest absolute Gasteiger partial charge is 0.480 e. The zero-order valence-corrected chi connectivity index (χ0v) is 9.93. The molecule has 0 radical (unpaired) electrons. The average Bonchev–Trinajstić information content (AvgIpc) is 2.65. The molecule has 0 aliphatic heterocycles. The molecule has 6 nitrogen and oxygen atoms in total. The van der Waals surface area contributed by atoms with Crippen LogP contribution in [0.1, 0.15) is 29.6 Å². The van der Waals surface area contributed by atoms with Crippen LogP contribution in [0.3, 0.4) is 0 Å². The van der Waals surface area contributed by atoms with E-state index in [4.69, 9.17) is 4.42 Å². The van der Waals surface area contributed by atoms with Crippen LogP contribution in [0.5, 0.6) is 0 Å². The van der Waals surface area contributed by atoms with Crippen LogP contribution in [0.25, 0.3) is 11.1 Å². The number of Topliss-reactive ketones (excluding diaryl/α,β-unsaturated/α-hetero) is 1. The van der Waals surface area contributed by atoms with Crippen LogP contribution < -0.4 is 5.76 Å². The molecule has 0 spiro atoms. The normalized spacial score (nSPS) is 17.1. The van der Waals surface area contributed by atoms with E-state index in [9.17, 15) is 19.5 Å². The van der Waals surface area contributed by atoms with E-state index in [1.54, 1.807) is 0 Å². The zero-order chi connectivity index (χ0) is 13.6. The number of oxazole rings is 1. The third kappa shape index (κ3) is 1.60. The van der Waals surface area contributed by atoms with Gasteiger partial charge in [0.2, 0.25) is 0 Å². The summed E-state index contributed by atoms with van der Waals surface area (Å²) in [4.78, 5) is 37.1. The first-order chi connectivity index (χ1) is 9.03. The summed E-state index contributed by atoms with van der Waals surface area (Å²) < 4.78 is 4.84. The van der Waals surface area contributed by atoms with E-state index in [0.717, 1.165) is 6.42 Å². The topological polar surface area (TPSA) is 100 Å². The zero-order valence-electron chi connectivity index (χ0n) is 9.93. The highest BCUT2D eigenvalue weighted by atomic mass is 16.4. The lowest BCUT2D eigenvalue weighted by molar-refractivity contribution is -0.150. The number of carboxylic acid groups (broad SMARTS) is 1. The lowest BCUT2D eigenvalue weighted by Crippen LogP contribution is -2.45. The van der Waals surface area contributed by atoms with Gasteiger partial charge in [0.25, 0.3) is 0 Å². The highest BCUT2D eigenvalue weighted by Gasteiger charge is 2.51. The summed E-state index contributed by atoms with van der Waals surface area (Å²) in [7, 11) is 0. The number of ketones is 1. The number of aromatic nitrogens is 1. The van der Waals surface area contributed by atoms with Gasteiger partial charge in [0.1, 0.15) is 5.41 Å². The first-order valence-electron chi connectivity index (χ1n) is 5.94. The molecule has 6 heteroatoms. The van der Waals surface area contributed by atoms with Crippen LogP contribution >= 0.6 is 0 Å². The Labute approximate surface area is 107 Å². The Kier molecular flexibility index (Phi) is 2.35. The van der Waals surface area contributed by atoms with Gasteiger partial charge in [-0.05, 0) is 31.0 Å². The van der Waals surface area contributed by atoms with Crippen molar-refractivity contribution in [2.24, 2.45) is 5.41 Å². The molecule has 1 saturated carbocycles. The van der Waals surface area contributed by atoms with Crippen molar-refractivity contribution < 1.29 is 19.1 Å². The van der Waals surface area contributed by atoms with Crippen molar-refractivity contribution in [1.29, 1.82) is 0 Å². The minimum atomic E-state index is -1.29. The number of fused-ring (bicyclic) bond motifs is 1. The van der Waals surface area contributed by atoms with Gasteiger partial charge in [-0.15, -0.1) is 0 Å². The van der Waals surface area contributed by atoms with Crippen LogP contribution in [-0.4, -0.2) is 21.8 Å². The summed E-state index contributed by atoms with van der Waals surface area (Å²) >= 11 is 0. The van der Waals surface area contributed by atoms with Crippen LogP contribution in [0, 0.1) is 5.41 Å². The minimum Gasteiger partial charge on any atom is -0.480 e. The van der Waals surface area contributed by atoms with Gasteiger partial charge in [-0.1, -0.05) is 6.42 Å². The quantitative estimate of drug-likeness (QED) is 0.645. The van der Waals surface area contributed by atoms with E-state index in [1.165, 1.54) is 18.2 Å². The van der Waals surface area contributed by atoms with Crippen LogP contribution in [0.2, 0.25) is 0 Å². The number of carboxylic acids is 1. The number of aliphatic carboxylic acids is 1. The van der Waals surface area contributed by atoms with Gasteiger partial charge in [-0.2, -0.15) is 0 Å². The highest BCUT2D eigenvalue weighted by molar-refractivity contribution is 6.13. The Balaban J connectivity index is 2.06. The van der Waals surface area contributed by atoms with Gasteiger partial charge in [-0.25, -0.2) is 4.79 Å². The molecule has 2 aromatic rings. The molecule has 0 amide bonds. The van der Waals surface area contributed by atoms with Gasteiger partial charge in [0.05, 0.1) is 5.52 Å². The van der Waals surface area contributed by atoms with Gasteiger partial charge in [-0.3, -0.25) is 14.6 Å². The second-order valence-corrected chi connectivity index (χ2v) is 4.80. The lowest BCUT2D eigenvalue weighted by Gasteiger charge is -2.35. The van der Waals surface area contributed by atoms with E-state index in [0.29, 0.717) is 23.9 Å². The SMILES string of the molecule is O=C(O)C1(C(=O)c2ccc3oc(=O)[nH]c3c2)CCC1. The maximum absolute atomic E-state index is 12.3. The Hall–Kier alpha value is -2.37. The van der Waals surface area contributed by atoms with E-state index < -0.39 is 22.9 Å². The molecule has 1 aliphatic rings. The number of rotatable bonds is 3. The maximum Gasteiger partial charge on any atom is 0.417 e. The van der Waals surface area contributed by atoms with Crippen molar-refractivity contribution in [3.05, 3.63) is 34.3 Å². The number of nitrogens with one attached hydrogen (secondary N) is 1. The summed E-state index contributed by atoms with van der Waals surface area (Å²) in [5, 5.41) is 9.24. The number of hydrogen-bond acceptors (Lipinski definition) is 4. The molecule has 1 aromatic carbocycles. The number of carbonyl (C=O) groups excluding carboxylic acids is 1. The van der Waals surface area contributed by atoms with Crippen LogP contribution in [0.4, 0.5) is 0 Å². The third-order valence-corrected chi connectivity index (χ3v) is 3.73. The molecule has 0 bridgehead atoms. The molecule has 1 aromatic heterocycles. The Bertz CT molecular complexity index is 735. The van der Waals surface area contributed by atoms with E-state index in [-0.39, 0.29) is 5.56 Å². The smallest absolute Gasteiger partial charge is 0.417 e. The number of H-pyrrole nitrogens is 1. The molecular weight excluding hydrogens is 250 g/mol. The second kappa shape index (κ2) is 3.81. The van der Waals surface area contributed by atoms with Gasteiger partial charge in [0.15, 0.2) is 11.4 Å². The van der Waals surface area contributed by atoms with Crippen molar-refractivity contribution in [3.8, 4) is 0 Å². The standard InChI is InChI=1S/C13H11NO5/c15-10(13(11(16)17)4-1-5-13)7-2-3-9-8(6-7)14-12(18)19-9/h2-3,6H,1,4-5H2,(H,14,18)(H,16,17). The fourth-order valence-electron chi connectivity index (χ4n) is 2.44. The predicted molar refractivity (Wildman–Crippen MR) is 65.1 cm³/mol. The average molecular weight is 261 g/mol. The minimum absolute atomic E-state index is 0.284. The summed E-state index contributed by atoms with van der Waals surface area (Å²) in [6.45, 7) is 0. The second-order valence-electron chi connectivity index (χ2n) is 4.80. The van der Waals surface area contributed by atoms with E-state index >= 15 is 0 Å². The number of benzene rings is 1. The predicted octanol–water partition coefficient (Wildman–Crippen LogP) is 1.56. The number of hydrogen-bond donors (Lipinski definition) is 2. The molecular formula is C13H11NO5. The molecule has 0 atom stereocenters. The number of aromatic amines is 1. The molecule has 2 N–H and O–H groups in total. The maximum atomic E-state index is 12.3.